The summed E-state index contributed by atoms with van der Waals surface area (Å²) in [5.41, 5.74) is 9.18. The van der Waals surface area contributed by atoms with Crippen molar-refractivity contribution in [2.75, 3.05) is 13.6 Å². The summed E-state index contributed by atoms with van der Waals surface area (Å²) in [6, 6.07) is 7.17. The average Bonchev–Trinajstić information content (AvgIpc) is 2.37. The average molecular weight is 311 g/mol. The molecule has 1 aromatic rings. The van der Waals surface area contributed by atoms with E-state index in [9.17, 15) is 0 Å². The second kappa shape index (κ2) is 5.32. The zero-order valence-electron chi connectivity index (χ0n) is 11.5. The van der Waals surface area contributed by atoms with Gasteiger partial charge in [-0.3, -0.25) is 4.90 Å². The topological polar surface area (TPSA) is 29.3 Å². The van der Waals surface area contributed by atoms with Gasteiger partial charge < -0.3 is 5.73 Å². The van der Waals surface area contributed by atoms with Gasteiger partial charge in [0.15, 0.2) is 0 Å². The minimum Gasteiger partial charge on any atom is -0.329 e. The summed E-state index contributed by atoms with van der Waals surface area (Å²) in [6.45, 7) is 5.22. The Hall–Kier alpha value is -0.380. The summed E-state index contributed by atoms with van der Waals surface area (Å²) >= 11 is 3.55. The lowest BCUT2D eigenvalue weighted by atomic mass is 9.76. The Morgan fingerprint density at radius 2 is 2.11 bits per heavy atom. The first kappa shape index (κ1) is 14.0. The molecular formula is C15H23BrN2. The first-order chi connectivity index (χ1) is 8.48. The molecule has 100 valence electrons. The lowest BCUT2D eigenvalue weighted by molar-refractivity contribution is 0.0780. The van der Waals surface area contributed by atoms with Crippen LogP contribution < -0.4 is 5.73 Å². The molecule has 1 aliphatic carbocycles. The summed E-state index contributed by atoms with van der Waals surface area (Å²) in [6.07, 6.45) is 3.35. The van der Waals surface area contributed by atoms with Gasteiger partial charge in [-0.1, -0.05) is 22.0 Å². The molecule has 0 saturated carbocycles. The van der Waals surface area contributed by atoms with Gasteiger partial charge in [0.1, 0.15) is 0 Å². The normalized spacial score (nSPS) is 23.5. The van der Waals surface area contributed by atoms with Crippen molar-refractivity contribution in [3.8, 4) is 0 Å². The lowest BCUT2D eigenvalue weighted by Gasteiger charge is -2.46. The molecule has 1 unspecified atom stereocenters. The van der Waals surface area contributed by atoms with Crippen molar-refractivity contribution in [1.29, 1.82) is 0 Å². The van der Waals surface area contributed by atoms with Crippen LogP contribution in [0.2, 0.25) is 0 Å². The minimum absolute atomic E-state index is 0.134. The minimum atomic E-state index is 0.134. The van der Waals surface area contributed by atoms with Gasteiger partial charge in [0.2, 0.25) is 0 Å². The number of hydrogen-bond donors (Lipinski definition) is 1. The van der Waals surface area contributed by atoms with Crippen LogP contribution in [0.4, 0.5) is 0 Å². The van der Waals surface area contributed by atoms with Crippen molar-refractivity contribution >= 4 is 15.9 Å². The Balaban J connectivity index is 2.31. The number of rotatable bonds is 3. The predicted octanol–water partition coefficient (Wildman–Crippen LogP) is 2.98. The monoisotopic (exact) mass is 310 g/mol. The van der Waals surface area contributed by atoms with Crippen molar-refractivity contribution in [3.05, 3.63) is 33.8 Å². The fourth-order valence-corrected chi connectivity index (χ4v) is 3.39. The zero-order chi connectivity index (χ0) is 13.3. The number of fused-ring (bicyclic) bond motifs is 1. The fourth-order valence-electron chi connectivity index (χ4n) is 2.98. The summed E-state index contributed by atoms with van der Waals surface area (Å²) in [4.78, 5) is 2.46. The van der Waals surface area contributed by atoms with E-state index >= 15 is 0 Å². The first-order valence-electron chi connectivity index (χ1n) is 6.69. The standard InChI is InChI=1S/C15H23BrN2/c1-11(2)18(3)15(10-17)7-6-12-8-14(16)5-4-13(12)9-15/h4-5,8,11H,6-7,9-10,17H2,1-3H3. The van der Waals surface area contributed by atoms with E-state index in [1.165, 1.54) is 15.6 Å². The first-order valence-corrected chi connectivity index (χ1v) is 7.48. The van der Waals surface area contributed by atoms with Gasteiger partial charge in [-0.25, -0.2) is 0 Å². The van der Waals surface area contributed by atoms with E-state index in [1.54, 1.807) is 0 Å². The molecule has 0 saturated heterocycles. The molecular weight excluding hydrogens is 288 g/mol. The molecule has 0 fully saturated rings. The second-order valence-corrected chi connectivity index (χ2v) is 6.64. The lowest BCUT2D eigenvalue weighted by Crippen LogP contribution is -2.57. The molecule has 0 amide bonds. The van der Waals surface area contributed by atoms with E-state index in [2.05, 4.69) is 59.9 Å². The van der Waals surface area contributed by atoms with Crippen LogP contribution in [0.15, 0.2) is 22.7 Å². The highest BCUT2D eigenvalue weighted by atomic mass is 79.9. The van der Waals surface area contributed by atoms with Gasteiger partial charge in [0.05, 0.1) is 0 Å². The third-order valence-corrected chi connectivity index (χ3v) is 4.94. The number of likely N-dealkylation sites (N-methyl/N-ethyl adjacent to an activating group) is 1. The molecule has 0 radical (unpaired) electrons. The van der Waals surface area contributed by atoms with Gasteiger partial charge >= 0.3 is 0 Å². The Morgan fingerprint density at radius 1 is 1.39 bits per heavy atom. The van der Waals surface area contributed by atoms with Crippen LogP contribution in [0, 0.1) is 0 Å². The molecule has 0 heterocycles. The third kappa shape index (κ3) is 2.49. The number of hydrogen-bond acceptors (Lipinski definition) is 2. The smallest absolute Gasteiger partial charge is 0.0374 e. The molecule has 0 aromatic heterocycles. The molecule has 1 aromatic carbocycles. The fraction of sp³-hybridized carbons (Fsp3) is 0.600. The Kier molecular flexibility index (Phi) is 4.15. The number of halogens is 1. The van der Waals surface area contributed by atoms with Crippen LogP contribution in [0.1, 0.15) is 31.4 Å². The molecule has 3 heteroatoms. The van der Waals surface area contributed by atoms with Gasteiger partial charge in [-0.2, -0.15) is 0 Å². The Labute approximate surface area is 119 Å². The molecule has 1 atom stereocenters. The van der Waals surface area contributed by atoms with Crippen molar-refractivity contribution in [2.45, 2.75) is 44.7 Å². The van der Waals surface area contributed by atoms with E-state index in [0.717, 1.165) is 25.8 Å². The number of aryl methyl sites for hydroxylation is 1. The quantitative estimate of drug-likeness (QED) is 0.930. The van der Waals surface area contributed by atoms with Gasteiger partial charge in [0.25, 0.3) is 0 Å². The highest BCUT2D eigenvalue weighted by Crippen LogP contribution is 2.34. The maximum atomic E-state index is 6.11. The highest BCUT2D eigenvalue weighted by molar-refractivity contribution is 9.10. The van der Waals surface area contributed by atoms with Crippen molar-refractivity contribution in [2.24, 2.45) is 5.73 Å². The van der Waals surface area contributed by atoms with Gasteiger partial charge in [-0.15, -0.1) is 0 Å². The van der Waals surface area contributed by atoms with E-state index < -0.39 is 0 Å². The molecule has 0 aliphatic heterocycles. The van der Waals surface area contributed by atoms with Crippen LogP contribution in [-0.4, -0.2) is 30.1 Å². The molecule has 2 nitrogen and oxygen atoms in total. The maximum Gasteiger partial charge on any atom is 0.0374 e. The van der Waals surface area contributed by atoms with E-state index in [1.807, 2.05) is 0 Å². The van der Waals surface area contributed by atoms with Crippen molar-refractivity contribution in [1.82, 2.24) is 4.90 Å². The van der Waals surface area contributed by atoms with Crippen molar-refractivity contribution < 1.29 is 0 Å². The summed E-state index contributed by atoms with van der Waals surface area (Å²) in [7, 11) is 2.21. The predicted molar refractivity (Wildman–Crippen MR) is 80.9 cm³/mol. The summed E-state index contributed by atoms with van der Waals surface area (Å²) < 4.78 is 1.18. The van der Waals surface area contributed by atoms with Crippen LogP contribution in [-0.2, 0) is 12.8 Å². The van der Waals surface area contributed by atoms with Crippen LogP contribution >= 0.6 is 15.9 Å². The highest BCUT2D eigenvalue weighted by Gasteiger charge is 2.37. The number of benzene rings is 1. The van der Waals surface area contributed by atoms with Crippen LogP contribution in [0.5, 0.6) is 0 Å². The van der Waals surface area contributed by atoms with Gasteiger partial charge in [0, 0.05) is 22.6 Å². The number of nitrogens with two attached hydrogens (primary N) is 1. The van der Waals surface area contributed by atoms with E-state index in [0.29, 0.717) is 6.04 Å². The Morgan fingerprint density at radius 3 is 2.72 bits per heavy atom. The van der Waals surface area contributed by atoms with Gasteiger partial charge in [-0.05, 0) is 63.4 Å². The zero-order valence-corrected chi connectivity index (χ0v) is 13.1. The SMILES string of the molecule is CC(C)N(C)C1(CN)CCc2cc(Br)ccc2C1. The molecule has 0 bridgehead atoms. The molecule has 1 aliphatic rings. The van der Waals surface area contributed by atoms with E-state index in [4.69, 9.17) is 5.73 Å². The van der Waals surface area contributed by atoms with Crippen LogP contribution in [0.25, 0.3) is 0 Å². The van der Waals surface area contributed by atoms with E-state index in [-0.39, 0.29) is 5.54 Å². The maximum absolute atomic E-state index is 6.11. The molecule has 2 N–H and O–H groups in total. The third-order valence-electron chi connectivity index (χ3n) is 4.45. The molecule has 18 heavy (non-hydrogen) atoms. The Bertz CT molecular complexity index is 431. The summed E-state index contributed by atoms with van der Waals surface area (Å²) in [5.74, 6) is 0. The molecule has 0 spiro atoms. The van der Waals surface area contributed by atoms with Crippen LogP contribution in [0.3, 0.4) is 0 Å². The second-order valence-electron chi connectivity index (χ2n) is 5.72. The number of nitrogens with zero attached hydrogens (tertiary/aromatic N) is 1. The van der Waals surface area contributed by atoms with Crippen molar-refractivity contribution in [3.63, 3.8) is 0 Å². The summed E-state index contributed by atoms with van der Waals surface area (Å²) in [5, 5.41) is 0. The molecule has 2 rings (SSSR count). The largest absolute Gasteiger partial charge is 0.329 e.